The Bertz CT molecular complexity index is 333. The van der Waals surface area contributed by atoms with Gasteiger partial charge in [-0.2, -0.15) is 0 Å². The first kappa shape index (κ1) is 15.8. The van der Waals surface area contributed by atoms with E-state index in [4.69, 9.17) is 11.6 Å². The van der Waals surface area contributed by atoms with Crippen LogP contribution < -0.4 is 4.72 Å². The molecule has 1 aliphatic carbocycles. The molecule has 0 amide bonds. The minimum Gasteiger partial charge on any atom is -0.301 e. The Balaban J connectivity index is 2.41. The molecule has 0 bridgehead atoms. The van der Waals surface area contributed by atoms with Crippen LogP contribution >= 0.6 is 23.5 Å². The number of nitrogens with one attached hydrogen (secondary N) is 1. The van der Waals surface area contributed by atoms with Gasteiger partial charge < -0.3 is 4.79 Å². The molecule has 0 aromatic heterocycles. The van der Waals surface area contributed by atoms with Crippen molar-refractivity contribution in [3.05, 3.63) is 22.8 Å². The first-order chi connectivity index (χ1) is 8.63. The highest BCUT2D eigenvalue weighted by molar-refractivity contribution is 7.97. The van der Waals surface area contributed by atoms with Crippen LogP contribution in [0.4, 0.5) is 0 Å². The second-order valence-electron chi connectivity index (χ2n) is 4.81. The zero-order valence-electron chi connectivity index (χ0n) is 11.2. The molecule has 0 saturated heterocycles. The molecular formula is C14H22ClNOS. The number of hydrogen-bond acceptors (Lipinski definition) is 3. The molecule has 0 spiro atoms. The van der Waals surface area contributed by atoms with Crippen LogP contribution in [-0.2, 0) is 4.79 Å². The molecule has 102 valence electrons. The van der Waals surface area contributed by atoms with Gasteiger partial charge in [0.05, 0.1) is 5.54 Å². The van der Waals surface area contributed by atoms with Gasteiger partial charge in [-0.3, -0.25) is 4.72 Å². The Labute approximate surface area is 119 Å². The monoisotopic (exact) mass is 287 g/mol. The summed E-state index contributed by atoms with van der Waals surface area (Å²) in [7, 11) is 0. The van der Waals surface area contributed by atoms with Crippen LogP contribution in [0, 0.1) is 0 Å². The van der Waals surface area contributed by atoms with Gasteiger partial charge in [-0.25, -0.2) is 0 Å². The number of rotatable bonds is 7. The van der Waals surface area contributed by atoms with Gasteiger partial charge in [-0.1, -0.05) is 49.4 Å². The zero-order chi connectivity index (χ0) is 13.4. The molecule has 18 heavy (non-hydrogen) atoms. The lowest BCUT2D eigenvalue weighted by atomic mass is 10.0. The summed E-state index contributed by atoms with van der Waals surface area (Å²) in [4.78, 5) is 11.2. The molecule has 4 heteroatoms. The highest BCUT2D eigenvalue weighted by Crippen LogP contribution is 2.30. The first-order valence-corrected chi connectivity index (χ1v) is 7.87. The summed E-state index contributed by atoms with van der Waals surface area (Å²) in [6.45, 7) is 4.11. The van der Waals surface area contributed by atoms with Crippen LogP contribution in [0.5, 0.6) is 0 Å². The Kier molecular flexibility index (Phi) is 7.05. The average molecular weight is 288 g/mol. The van der Waals surface area contributed by atoms with Gasteiger partial charge in [0.1, 0.15) is 6.29 Å². The van der Waals surface area contributed by atoms with E-state index in [9.17, 15) is 4.79 Å². The van der Waals surface area contributed by atoms with Crippen LogP contribution in [-0.4, -0.2) is 17.6 Å². The van der Waals surface area contributed by atoms with Gasteiger partial charge in [0.15, 0.2) is 0 Å². The topological polar surface area (TPSA) is 29.1 Å². The SMILES string of the molecule is CC/C=C\C(Cl)=C(\C)CSNC1(C=O)CCCC1. The van der Waals surface area contributed by atoms with Gasteiger partial charge in [-0.05, 0) is 37.8 Å². The van der Waals surface area contributed by atoms with Crippen LogP contribution in [0.2, 0.25) is 0 Å². The van der Waals surface area contributed by atoms with Crippen molar-refractivity contribution >= 4 is 29.8 Å². The summed E-state index contributed by atoms with van der Waals surface area (Å²) in [6.07, 6.45) is 10.2. The van der Waals surface area contributed by atoms with Crippen LogP contribution in [0.15, 0.2) is 22.8 Å². The molecule has 0 aromatic carbocycles. The predicted molar refractivity (Wildman–Crippen MR) is 80.8 cm³/mol. The summed E-state index contributed by atoms with van der Waals surface area (Å²) in [6, 6.07) is 0. The van der Waals surface area contributed by atoms with Crippen LogP contribution in [0.1, 0.15) is 46.0 Å². The molecule has 1 N–H and O–H groups in total. The molecule has 0 radical (unpaired) electrons. The van der Waals surface area contributed by atoms with Crippen molar-refractivity contribution in [1.29, 1.82) is 0 Å². The Hall–Kier alpha value is -0.250. The van der Waals surface area contributed by atoms with E-state index >= 15 is 0 Å². The molecule has 1 saturated carbocycles. The van der Waals surface area contributed by atoms with Crippen molar-refractivity contribution in [3.8, 4) is 0 Å². The van der Waals surface area contributed by atoms with Crippen LogP contribution in [0.3, 0.4) is 0 Å². The molecule has 0 aliphatic heterocycles. The lowest BCUT2D eigenvalue weighted by molar-refractivity contribution is -0.112. The number of halogens is 1. The van der Waals surface area contributed by atoms with Crippen molar-refractivity contribution in [3.63, 3.8) is 0 Å². The van der Waals surface area contributed by atoms with E-state index in [-0.39, 0.29) is 5.54 Å². The van der Waals surface area contributed by atoms with Gasteiger partial charge in [0, 0.05) is 10.8 Å². The lowest BCUT2D eigenvalue weighted by Crippen LogP contribution is -2.40. The predicted octanol–water partition coefficient (Wildman–Crippen LogP) is 4.21. The maximum absolute atomic E-state index is 11.2. The van der Waals surface area contributed by atoms with E-state index in [1.165, 1.54) is 0 Å². The number of allylic oxidation sites excluding steroid dienone is 3. The summed E-state index contributed by atoms with van der Waals surface area (Å²) in [5, 5.41) is 0.803. The van der Waals surface area contributed by atoms with Crippen molar-refractivity contribution < 1.29 is 4.79 Å². The van der Waals surface area contributed by atoms with E-state index in [1.807, 2.05) is 19.1 Å². The second kappa shape index (κ2) is 8.03. The summed E-state index contributed by atoms with van der Waals surface area (Å²) in [5.41, 5.74) is 0.842. The third kappa shape index (κ3) is 4.79. The fraction of sp³-hybridized carbons (Fsp3) is 0.643. The standard InChI is InChI=1S/C14H22ClNOS/c1-3-4-7-13(15)12(2)10-18-16-14(11-17)8-5-6-9-14/h4,7,11,16H,3,5-6,8-10H2,1-2H3/b7-4-,13-12+. The molecule has 1 rings (SSSR count). The van der Waals surface area contributed by atoms with E-state index in [0.717, 1.165) is 54.7 Å². The molecular weight excluding hydrogens is 266 g/mol. The Morgan fingerprint density at radius 2 is 2.11 bits per heavy atom. The molecule has 0 unspecified atom stereocenters. The Morgan fingerprint density at radius 3 is 2.67 bits per heavy atom. The minimum absolute atomic E-state index is 0.295. The molecule has 0 heterocycles. The van der Waals surface area contributed by atoms with Gasteiger partial charge in [0.2, 0.25) is 0 Å². The summed E-state index contributed by atoms with van der Waals surface area (Å²) < 4.78 is 3.32. The Morgan fingerprint density at radius 1 is 1.44 bits per heavy atom. The highest BCUT2D eigenvalue weighted by Gasteiger charge is 2.33. The third-order valence-electron chi connectivity index (χ3n) is 3.19. The highest BCUT2D eigenvalue weighted by atomic mass is 35.5. The third-order valence-corrected chi connectivity index (χ3v) is 4.77. The number of carbonyl (C=O) groups is 1. The van der Waals surface area contributed by atoms with Crippen molar-refractivity contribution in [1.82, 2.24) is 4.72 Å². The largest absolute Gasteiger partial charge is 0.301 e. The molecule has 1 aliphatic rings. The van der Waals surface area contributed by atoms with Gasteiger partial charge in [0.25, 0.3) is 0 Å². The number of aldehydes is 1. The van der Waals surface area contributed by atoms with E-state index in [0.29, 0.717) is 0 Å². The maximum Gasteiger partial charge on any atom is 0.140 e. The first-order valence-electron chi connectivity index (χ1n) is 6.50. The summed E-state index contributed by atoms with van der Waals surface area (Å²) >= 11 is 7.74. The average Bonchev–Trinajstić information content (AvgIpc) is 2.85. The molecule has 0 atom stereocenters. The minimum atomic E-state index is -0.295. The van der Waals surface area contributed by atoms with Crippen molar-refractivity contribution in [2.75, 3.05) is 5.75 Å². The fourth-order valence-corrected chi connectivity index (χ4v) is 3.19. The van der Waals surface area contributed by atoms with E-state index in [1.54, 1.807) is 11.9 Å². The lowest BCUT2D eigenvalue weighted by Gasteiger charge is -2.22. The van der Waals surface area contributed by atoms with E-state index in [2.05, 4.69) is 11.6 Å². The summed E-state index contributed by atoms with van der Waals surface area (Å²) in [5.74, 6) is 0.808. The maximum atomic E-state index is 11.2. The number of carbonyl (C=O) groups excluding carboxylic acids is 1. The number of hydrogen-bond donors (Lipinski definition) is 1. The van der Waals surface area contributed by atoms with Crippen molar-refractivity contribution in [2.45, 2.75) is 51.5 Å². The van der Waals surface area contributed by atoms with Gasteiger partial charge >= 0.3 is 0 Å². The van der Waals surface area contributed by atoms with Crippen LogP contribution in [0.25, 0.3) is 0 Å². The molecule has 1 fully saturated rings. The van der Waals surface area contributed by atoms with Crippen molar-refractivity contribution in [2.24, 2.45) is 0 Å². The normalized spacial score (nSPS) is 20.2. The zero-order valence-corrected chi connectivity index (χ0v) is 12.7. The van der Waals surface area contributed by atoms with E-state index < -0.39 is 0 Å². The second-order valence-corrected chi connectivity index (χ2v) is 6.00. The smallest absolute Gasteiger partial charge is 0.140 e. The fourth-order valence-electron chi connectivity index (χ4n) is 1.97. The molecule has 0 aromatic rings. The van der Waals surface area contributed by atoms with Gasteiger partial charge in [-0.15, -0.1) is 0 Å². The quantitative estimate of drug-likeness (QED) is 0.432. The molecule has 2 nitrogen and oxygen atoms in total.